The molecule has 0 aliphatic heterocycles. The lowest BCUT2D eigenvalue weighted by atomic mass is 10.1. The van der Waals surface area contributed by atoms with E-state index in [1.807, 2.05) is 6.92 Å². The van der Waals surface area contributed by atoms with Crippen LogP contribution in [0.4, 0.5) is 0 Å². The van der Waals surface area contributed by atoms with E-state index in [4.69, 9.17) is 12.3 Å². The molecule has 0 bridgehead atoms. The lowest BCUT2D eigenvalue weighted by Crippen LogP contribution is -2.57. The molecular weight excluding hydrogens is 437 g/mol. The van der Waals surface area contributed by atoms with Crippen LogP contribution in [0.2, 0.25) is 44.8 Å². The van der Waals surface area contributed by atoms with Gasteiger partial charge in [0.2, 0.25) is 0 Å². The fraction of sp³-hybridized carbons (Fsp3) is 1.00. The second-order valence-corrected chi connectivity index (χ2v) is 21.5. The Morgan fingerprint density at radius 2 is 1.18 bits per heavy atom. The first-order valence-corrected chi connectivity index (χ1v) is 23.2. The van der Waals surface area contributed by atoms with E-state index in [-0.39, 0.29) is 5.54 Å². The smallest absolute Gasteiger partial charge is 0.420 e. The van der Waals surface area contributed by atoms with Gasteiger partial charge >= 0.3 is 8.80 Å². The molecule has 0 aliphatic carbocycles. The van der Waals surface area contributed by atoms with Gasteiger partial charge in [0.15, 0.2) is 27.1 Å². The normalized spacial score (nSPS) is 15.0. The summed E-state index contributed by atoms with van der Waals surface area (Å²) >= 11 is 0. The molecule has 0 aliphatic rings. The molecule has 0 aromatic carbocycles. The monoisotopic (exact) mass is 484 g/mol. The minimum atomic E-state index is -2.78. The Kier molecular flexibility index (Phi) is 17.1. The number of unbranched alkanes of at least 4 members (excludes halogenated alkanes) is 6. The third kappa shape index (κ3) is 13.3. The Morgan fingerprint density at radius 3 is 1.57 bits per heavy atom. The van der Waals surface area contributed by atoms with Crippen molar-refractivity contribution in [3.63, 3.8) is 0 Å². The van der Waals surface area contributed by atoms with Crippen molar-refractivity contribution in [1.29, 1.82) is 0 Å². The lowest BCUT2D eigenvalue weighted by Gasteiger charge is -2.40. The predicted octanol–water partition coefficient (Wildman–Crippen LogP) is 5.20. The summed E-state index contributed by atoms with van der Waals surface area (Å²) < 4.78 is 32.5. The first kappa shape index (κ1) is 28.9. The molecule has 0 rings (SSSR count). The van der Waals surface area contributed by atoms with E-state index in [0.29, 0.717) is 11.5 Å². The van der Waals surface area contributed by atoms with Crippen molar-refractivity contribution in [3.05, 3.63) is 0 Å². The van der Waals surface area contributed by atoms with Crippen LogP contribution < -0.4 is 0 Å². The van der Waals surface area contributed by atoms with Crippen molar-refractivity contribution in [1.82, 2.24) is 0 Å². The largest absolute Gasteiger partial charge is 0.473 e. The molecule has 0 N–H and O–H groups in total. The number of hydrogen-bond donors (Lipinski definition) is 0. The zero-order valence-electron chi connectivity index (χ0n) is 19.9. The van der Waals surface area contributed by atoms with Crippen LogP contribution in [0.25, 0.3) is 0 Å². The highest BCUT2D eigenvalue weighted by Crippen LogP contribution is 2.34. The highest BCUT2D eigenvalue weighted by atomic mass is 32.2. The number of rotatable bonds is 18. The Balaban J connectivity index is 5.29. The summed E-state index contributed by atoms with van der Waals surface area (Å²) in [4.78, 5) is 0. The highest BCUT2D eigenvalue weighted by molar-refractivity contribution is 7.85. The van der Waals surface area contributed by atoms with E-state index in [9.17, 15) is 4.21 Å². The van der Waals surface area contributed by atoms with Gasteiger partial charge in [-0.3, -0.25) is 4.21 Å². The third-order valence-corrected chi connectivity index (χ3v) is 17.4. The SMILES string of the molecule is CCCCCCCCCC(CS(=O)CC)[Si](O[SiH](C)C)(O[SiH](C)C)O[SiH](C)C. The van der Waals surface area contributed by atoms with Crippen molar-refractivity contribution in [3.8, 4) is 0 Å². The Labute approximate surface area is 184 Å². The van der Waals surface area contributed by atoms with Gasteiger partial charge in [0.05, 0.1) is 0 Å². The maximum atomic E-state index is 12.5. The van der Waals surface area contributed by atoms with Crippen LogP contribution in [0, 0.1) is 0 Å². The van der Waals surface area contributed by atoms with Gasteiger partial charge in [0.1, 0.15) is 0 Å². The predicted molar refractivity (Wildman–Crippen MR) is 136 cm³/mol. The highest BCUT2D eigenvalue weighted by Gasteiger charge is 2.50. The van der Waals surface area contributed by atoms with Gasteiger partial charge in [-0.15, -0.1) is 0 Å². The minimum Gasteiger partial charge on any atom is -0.420 e. The summed E-state index contributed by atoms with van der Waals surface area (Å²) in [5, 5.41) is 0. The Hall–Kier alpha value is 0.898. The van der Waals surface area contributed by atoms with Gasteiger partial charge in [-0.25, -0.2) is 0 Å². The summed E-state index contributed by atoms with van der Waals surface area (Å²) in [5.74, 6) is 1.39. The molecule has 4 nitrogen and oxygen atoms in total. The van der Waals surface area contributed by atoms with E-state index in [0.717, 1.165) is 6.42 Å². The van der Waals surface area contributed by atoms with Gasteiger partial charge in [0.25, 0.3) is 0 Å². The standard InChI is InChI=1S/C19H48O4SSi4/c1-9-11-12-13-14-15-16-17-19(18-24(20)10-2)28(21-25(3)4,22-26(5)6)23-27(7)8/h19,25-27H,9-18H2,1-8H3. The molecule has 0 aromatic rings. The fourth-order valence-corrected chi connectivity index (χ4v) is 18.6. The van der Waals surface area contributed by atoms with E-state index in [1.54, 1.807) is 0 Å². The molecule has 0 amide bonds. The summed E-state index contributed by atoms with van der Waals surface area (Å²) in [6, 6.07) is 0. The van der Waals surface area contributed by atoms with Crippen molar-refractivity contribution in [2.24, 2.45) is 0 Å². The average Bonchev–Trinajstić information content (AvgIpc) is 2.57. The van der Waals surface area contributed by atoms with Gasteiger partial charge < -0.3 is 12.3 Å². The molecule has 2 unspecified atom stereocenters. The van der Waals surface area contributed by atoms with Crippen molar-refractivity contribution in [2.75, 3.05) is 11.5 Å². The van der Waals surface area contributed by atoms with Crippen LogP contribution in [-0.4, -0.2) is 51.6 Å². The molecule has 0 heterocycles. The summed E-state index contributed by atoms with van der Waals surface area (Å²) in [6.07, 6.45) is 10.1. The summed E-state index contributed by atoms with van der Waals surface area (Å²) in [5.41, 5.74) is 0.198. The van der Waals surface area contributed by atoms with Crippen LogP contribution in [0.15, 0.2) is 0 Å². The average molecular weight is 485 g/mol. The lowest BCUT2D eigenvalue weighted by molar-refractivity contribution is 0.249. The summed E-state index contributed by atoms with van der Waals surface area (Å²) in [7, 11) is -7.58. The molecule has 28 heavy (non-hydrogen) atoms. The zero-order chi connectivity index (χ0) is 21.6. The topological polar surface area (TPSA) is 44.8 Å². The van der Waals surface area contributed by atoms with E-state index >= 15 is 0 Å². The number of hydrogen-bond acceptors (Lipinski definition) is 4. The molecule has 0 saturated carbocycles. The molecular formula is C19H48O4SSi4. The summed E-state index contributed by atoms with van der Waals surface area (Å²) in [6.45, 7) is 17.5. The first-order chi connectivity index (χ1) is 13.2. The maximum absolute atomic E-state index is 12.5. The van der Waals surface area contributed by atoms with Crippen LogP contribution in [0.3, 0.4) is 0 Å². The van der Waals surface area contributed by atoms with Crippen LogP contribution in [-0.2, 0) is 23.1 Å². The van der Waals surface area contributed by atoms with Crippen LogP contribution in [0.5, 0.6) is 0 Å². The minimum absolute atomic E-state index is 0.198. The van der Waals surface area contributed by atoms with E-state index in [2.05, 4.69) is 46.2 Å². The molecule has 9 heteroatoms. The van der Waals surface area contributed by atoms with Gasteiger partial charge in [0, 0.05) is 27.8 Å². The van der Waals surface area contributed by atoms with Gasteiger partial charge in [-0.1, -0.05) is 58.8 Å². The second kappa shape index (κ2) is 16.6. The third-order valence-electron chi connectivity index (χ3n) is 4.57. The maximum Gasteiger partial charge on any atom is 0.473 e. The van der Waals surface area contributed by atoms with Gasteiger partial charge in [-0.05, 0) is 45.7 Å². The Bertz CT molecular complexity index is 385. The van der Waals surface area contributed by atoms with Crippen molar-refractivity contribution < 1.29 is 16.6 Å². The second-order valence-electron chi connectivity index (χ2n) is 8.61. The first-order valence-electron chi connectivity index (χ1n) is 11.5. The Morgan fingerprint density at radius 1 is 0.750 bits per heavy atom. The fourth-order valence-electron chi connectivity index (χ4n) is 3.41. The molecule has 0 aromatic heterocycles. The van der Waals surface area contributed by atoms with Crippen molar-refractivity contribution >= 4 is 46.7 Å². The molecule has 170 valence electrons. The molecule has 0 saturated heterocycles. The molecule has 0 fully saturated rings. The quantitative estimate of drug-likeness (QED) is 0.198. The van der Waals surface area contributed by atoms with Gasteiger partial charge in [-0.2, -0.15) is 0 Å². The molecule has 2 atom stereocenters. The van der Waals surface area contributed by atoms with Crippen molar-refractivity contribution in [2.45, 2.75) is 110 Å². The van der Waals surface area contributed by atoms with Crippen LogP contribution >= 0.6 is 0 Å². The van der Waals surface area contributed by atoms with E-state index < -0.39 is 46.7 Å². The zero-order valence-corrected chi connectivity index (χ0v) is 25.2. The van der Waals surface area contributed by atoms with Crippen LogP contribution in [0.1, 0.15) is 65.2 Å². The molecule has 0 radical (unpaired) electrons. The van der Waals surface area contributed by atoms with E-state index in [1.165, 1.54) is 44.9 Å². The molecule has 0 spiro atoms.